The van der Waals surface area contributed by atoms with Crippen LogP contribution in [0.15, 0.2) is 12.1 Å². The van der Waals surface area contributed by atoms with Crippen LogP contribution < -0.4 is 14.8 Å². The topological polar surface area (TPSA) is 43.0 Å². The summed E-state index contributed by atoms with van der Waals surface area (Å²) in [4.78, 5) is 2.47. The smallest absolute Gasteiger partial charge is 0.179 e. The Bertz CT molecular complexity index is 531. The third-order valence-electron chi connectivity index (χ3n) is 4.33. The summed E-state index contributed by atoms with van der Waals surface area (Å²) in [7, 11) is 1.60. The molecule has 6 heteroatoms. The van der Waals surface area contributed by atoms with Crippen LogP contribution in [-0.2, 0) is 11.3 Å². The van der Waals surface area contributed by atoms with Gasteiger partial charge in [-0.15, -0.1) is 0 Å². The third kappa shape index (κ3) is 4.99. The third-order valence-corrected chi connectivity index (χ3v) is 4.61. The van der Waals surface area contributed by atoms with Crippen molar-refractivity contribution in [2.75, 3.05) is 46.6 Å². The fourth-order valence-corrected chi connectivity index (χ4v) is 3.29. The minimum Gasteiger partial charge on any atom is -0.491 e. The molecule has 0 radical (unpaired) electrons. The molecule has 1 aliphatic rings. The van der Waals surface area contributed by atoms with Gasteiger partial charge in [0.2, 0.25) is 0 Å². The maximum absolute atomic E-state index is 6.31. The molecule has 0 aliphatic carbocycles. The lowest BCUT2D eigenvalue weighted by atomic mass is 10.0. The first-order chi connectivity index (χ1) is 11.5. The highest BCUT2D eigenvalue weighted by molar-refractivity contribution is 6.32. The summed E-state index contributed by atoms with van der Waals surface area (Å²) in [5.74, 6) is 1.28. The Morgan fingerprint density at radius 2 is 2.00 bits per heavy atom. The van der Waals surface area contributed by atoms with E-state index in [-0.39, 0.29) is 5.54 Å². The highest BCUT2D eigenvalue weighted by Crippen LogP contribution is 2.36. The molecule has 0 bridgehead atoms. The standard InChI is InChI=1S/C18H29ClN2O3/c1-5-24-16-11-14(10-15(19)17(16)22-4)12-20-13-18(2,3)21-6-8-23-9-7-21/h10-11,20H,5-9,12-13H2,1-4H3. The van der Waals surface area contributed by atoms with Crippen molar-refractivity contribution in [1.29, 1.82) is 0 Å². The van der Waals surface area contributed by atoms with Crippen molar-refractivity contribution >= 4 is 11.6 Å². The first-order valence-corrected chi connectivity index (χ1v) is 8.88. The van der Waals surface area contributed by atoms with Gasteiger partial charge in [-0.2, -0.15) is 0 Å². The van der Waals surface area contributed by atoms with Crippen LogP contribution in [0.3, 0.4) is 0 Å². The first-order valence-electron chi connectivity index (χ1n) is 8.50. The van der Waals surface area contributed by atoms with Gasteiger partial charge < -0.3 is 19.5 Å². The van der Waals surface area contributed by atoms with Gasteiger partial charge in [-0.25, -0.2) is 0 Å². The lowest BCUT2D eigenvalue weighted by Gasteiger charge is -2.41. The van der Waals surface area contributed by atoms with Crippen LogP contribution in [0.5, 0.6) is 11.5 Å². The molecule has 2 rings (SSSR count). The number of hydrogen-bond donors (Lipinski definition) is 1. The summed E-state index contributed by atoms with van der Waals surface area (Å²) in [5, 5.41) is 4.11. The van der Waals surface area contributed by atoms with E-state index in [1.165, 1.54) is 0 Å². The SMILES string of the molecule is CCOc1cc(CNCC(C)(C)N2CCOCC2)cc(Cl)c1OC. The van der Waals surface area contributed by atoms with E-state index in [1.807, 2.05) is 19.1 Å². The number of hydrogen-bond acceptors (Lipinski definition) is 5. The molecule has 1 aromatic rings. The summed E-state index contributed by atoms with van der Waals surface area (Å²) in [6, 6.07) is 3.92. The average Bonchev–Trinajstić information content (AvgIpc) is 2.56. The highest BCUT2D eigenvalue weighted by Gasteiger charge is 2.27. The second-order valence-electron chi connectivity index (χ2n) is 6.56. The Hall–Kier alpha value is -1.01. The largest absolute Gasteiger partial charge is 0.491 e. The van der Waals surface area contributed by atoms with Crippen LogP contribution in [-0.4, -0.2) is 57.0 Å². The maximum atomic E-state index is 6.31. The molecule has 0 spiro atoms. The molecule has 136 valence electrons. The predicted octanol–water partition coefficient (Wildman–Crippen LogP) is 2.95. The van der Waals surface area contributed by atoms with Gasteiger partial charge in [-0.3, -0.25) is 4.90 Å². The number of benzene rings is 1. The minimum absolute atomic E-state index is 0.0861. The molecule has 0 aromatic heterocycles. The summed E-state index contributed by atoms with van der Waals surface area (Å²) >= 11 is 6.31. The van der Waals surface area contributed by atoms with E-state index < -0.39 is 0 Å². The molecule has 5 nitrogen and oxygen atoms in total. The Labute approximate surface area is 150 Å². The Balaban J connectivity index is 1.96. The number of methoxy groups -OCH3 is 1. The normalized spacial score (nSPS) is 16.2. The van der Waals surface area contributed by atoms with E-state index in [4.69, 9.17) is 25.8 Å². The zero-order valence-corrected chi connectivity index (χ0v) is 15.9. The summed E-state index contributed by atoms with van der Waals surface area (Å²) < 4.78 is 16.4. The quantitative estimate of drug-likeness (QED) is 0.775. The number of halogens is 1. The lowest BCUT2D eigenvalue weighted by Crippen LogP contribution is -2.54. The molecular formula is C18H29ClN2O3. The van der Waals surface area contributed by atoms with Gasteiger partial charge in [0.15, 0.2) is 11.5 Å². The predicted molar refractivity (Wildman–Crippen MR) is 97.4 cm³/mol. The molecular weight excluding hydrogens is 328 g/mol. The molecule has 1 aromatic carbocycles. The Morgan fingerprint density at radius 1 is 1.29 bits per heavy atom. The fraction of sp³-hybridized carbons (Fsp3) is 0.667. The van der Waals surface area contributed by atoms with Gasteiger partial charge in [0.05, 0.1) is 32.0 Å². The minimum atomic E-state index is 0.0861. The molecule has 0 atom stereocenters. The van der Waals surface area contributed by atoms with Gasteiger partial charge in [0.1, 0.15) is 0 Å². The molecule has 0 saturated carbocycles. The lowest BCUT2D eigenvalue weighted by molar-refractivity contribution is -0.00967. The molecule has 24 heavy (non-hydrogen) atoms. The van der Waals surface area contributed by atoms with Crippen molar-refractivity contribution in [2.45, 2.75) is 32.9 Å². The highest BCUT2D eigenvalue weighted by atomic mass is 35.5. The van der Waals surface area contributed by atoms with Gasteiger partial charge in [-0.1, -0.05) is 11.6 Å². The molecule has 1 saturated heterocycles. The molecule has 1 heterocycles. The van der Waals surface area contributed by atoms with Crippen LogP contribution >= 0.6 is 11.6 Å². The van der Waals surface area contributed by atoms with Gasteiger partial charge in [-0.05, 0) is 38.5 Å². The van der Waals surface area contributed by atoms with E-state index >= 15 is 0 Å². The van der Waals surface area contributed by atoms with Crippen LogP contribution in [0.25, 0.3) is 0 Å². The molecule has 1 aliphatic heterocycles. The van der Waals surface area contributed by atoms with Crippen LogP contribution in [0.2, 0.25) is 5.02 Å². The van der Waals surface area contributed by atoms with E-state index in [9.17, 15) is 0 Å². The number of ether oxygens (including phenoxy) is 3. The number of morpholine rings is 1. The van der Waals surface area contributed by atoms with Gasteiger partial charge >= 0.3 is 0 Å². The van der Waals surface area contributed by atoms with E-state index in [0.717, 1.165) is 45.0 Å². The maximum Gasteiger partial charge on any atom is 0.179 e. The van der Waals surface area contributed by atoms with E-state index in [0.29, 0.717) is 23.1 Å². The monoisotopic (exact) mass is 356 g/mol. The molecule has 1 fully saturated rings. The van der Waals surface area contributed by atoms with Crippen LogP contribution in [0, 0.1) is 0 Å². The zero-order chi connectivity index (χ0) is 17.6. The van der Waals surface area contributed by atoms with Crippen molar-refractivity contribution in [3.63, 3.8) is 0 Å². The van der Waals surface area contributed by atoms with Crippen molar-refractivity contribution in [3.05, 3.63) is 22.7 Å². The Morgan fingerprint density at radius 3 is 2.62 bits per heavy atom. The number of nitrogens with one attached hydrogen (secondary N) is 1. The molecule has 0 amide bonds. The van der Waals surface area contributed by atoms with E-state index in [1.54, 1.807) is 7.11 Å². The number of nitrogens with zero attached hydrogens (tertiary/aromatic N) is 1. The van der Waals surface area contributed by atoms with Crippen LogP contribution in [0.1, 0.15) is 26.3 Å². The van der Waals surface area contributed by atoms with Crippen molar-refractivity contribution in [1.82, 2.24) is 10.2 Å². The number of rotatable bonds is 8. The van der Waals surface area contributed by atoms with Crippen molar-refractivity contribution < 1.29 is 14.2 Å². The first kappa shape index (κ1) is 19.3. The fourth-order valence-electron chi connectivity index (χ4n) is 2.98. The van der Waals surface area contributed by atoms with Crippen molar-refractivity contribution in [2.24, 2.45) is 0 Å². The second kappa shape index (κ2) is 8.90. The molecule has 1 N–H and O–H groups in total. The zero-order valence-electron chi connectivity index (χ0n) is 15.2. The summed E-state index contributed by atoms with van der Waals surface area (Å²) in [5.41, 5.74) is 1.17. The van der Waals surface area contributed by atoms with E-state index in [2.05, 4.69) is 24.1 Å². The summed E-state index contributed by atoms with van der Waals surface area (Å²) in [6.07, 6.45) is 0. The van der Waals surface area contributed by atoms with Gasteiger partial charge in [0, 0.05) is 31.7 Å². The molecule has 0 unspecified atom stereocenters. The second-order valence-corrected chi connectivity index (χ2v) is 6.96. The van der Waals surface area contributed by atoms with Crippen molar-refractivity contribution in [3.8, 4) is 11.5 Å². The average molecular weight is 357 g/mol. The summed E-state index contributed by atoms with van der Waals surface area (Å²) in [6.45, 7) is 12.3. The van der Waals surface area contributed by atoms with Crippen LogP contribution in [0.4, 0.5) is 0 Å². The van der Waals surface area contributed by atoms with Gasteiger partial charge in [0.25, 0.3) is 0 Å². The Kier molecular flexibility index (Phi) is 7.16.